The zero-order chi connectivity index (χ0) is 21.8. The van der Waals surface area contributed by atoms with Crippen molar-refractivity contribution < 1.29 is 13.3 Å². The van der Waals surface area contributed by atoms with Crippen LogP contribution >= 0.6 is 0 Å². The van der Waals surface area contributed by atoms with E-state index in [1.54, 1.807) is 0 Å². The van der Waals surface area contributed by atoms with E-state index < -0.39 is 14.9 Å². The molecule has 2 aliphatic heterocycles. The highest BCUT2D eigenvalue weighted by atomic mass is 32.2. The average molecular weight is 447 g/mol. The molecule has 1 aromatic heterocycles. The predicted molar refractivity (Wildman–Crippen MR) is 117 cm³/mol. The van der Waals surface area contributed by atoms with E-state index in [9.17, 15) is 18.5 Å². The molecule has 31 heavy (non-hydrogen) atoms. The minimum atomic E-state index is -3.69. The fourth-order valence-electron chi connectivity index (χ4n) is 4.00. The molecule has 2 fully saturated rings. The molecule has 0 saturated carbocycles. The van der Waals surface area contributed by atoms with Crippen LogP contribution in [0.4, 0.5) is 17.3 Å². The Labute approximate surface area is 181 Å². The zero-order valence-corrected chi connectivity index (χ0v) is 18.1. The summed E-state index contributed by atoms with van der Waals surface area (Å²) in [6.07, 6.45) is 4.87. The van der Waals surface area contributed by atoms with Crippen molar-refractivity contribution in [3.63, 3.8) is 0 Å². The van der Waals surface area contributed by atoms with Gasteiger partial charge in [-0.2, -0.15) is 4.31 Å². The van der Waals surface area contributed by atoms with E-state index in [4.69, 9.17) is 0 Å². The lowest BCUT2D eigenvalue weighted by molar-refractivity contribution is -0.384. The predicted octanol–water partition coefficient (Wildman–Crippen LogP) is 2.28. The van der Waals surface area contributed by atoms with Gasteiger partial charge in [0.25, 0.3) is 5.69 Å². The number of piperazine rings is 1. The lowest BCUT2D eigenvalue weighted by atomic mass is 10.2. The molecule has 3 heterocycles. The third-order valence-electron chi connectivity index (χ3n) is 5.81. The van der Waals surface area contributed by atoms with Crippen LogP contribution in [0.2, 0.25) is 0 Å². The number of hydrogen-bond acceptors (Lipinski definition) is 8. The molecule has 0 amide bonds. The maximum Gasteiger partial charge on any atom is 0.269 e. The van der Waals surface area contributed by atoms with Crippen LogP contribution in [0.1, 0.15) is 25.7 Å². The average Bonchev–Trinajstić information content (AvgIpc) is 3.09. The molecule has 166 valence electrons. The summed E-state index contributed by atoms with van der Waals surface area (Å²) < 4.78 is 27.1. The summed E-state index contributed by atoms with van der Waals surface area (Å²) in [7, 11) is -3.69. The van der Waals surface area contributed by atoms with Gasteiger partial charge in [0.15, 0.2) is 11.6 Å². The number of benzene rings is 1. The summed E-state index contributed by atoms with van der Waals surface area (Å²) in [4.78, 5) is 14.6. The van der Waals surface area contributed by atoms with Gasteiger partial charge in [0, 0.05) is 51.4 Å². The van der Waals surface area contributed by atoms with Crippen molar-refractivity contribution in [1.29, 1.82) is 0 Å². The monoisotopic (exact) mass is 446 g/mol. The Morgan fingerprint density at radius 1 is 0.742 bits per heavy atom. The quantitative estimate of drug-likeness (QED) is 0.508. The SMILES string of the molecule is O=[N+]([O-])c1ccc(S(=O)(=O)N2CCN(c3ccc(N4CCCCCC4)nn3)CC2)cc1. The maximum atomic E-state index is 12.9. The van der Waals surface area contributed by atoms with Gasteiger partial charge in [-0.15, -0.1) is 10.2 Å². The lowest BCUT2D eigenvalue weighted by Crippen LogP contribution is -2.49. The third kappa shape index (κ3) is 4.77. The van der Waals surface area contributed by atoms with Gasteiger partial charge in [0.05, 0.1) is 9.82 Å². The van der Waals surface area contributed by atoms with Crippen molar-refractivity contribution >= 4 is 27.3 Å². The fraction of sp³-hybridized carbons (Fsp3) is 0.500. The number of non-ortho nitro benzene ring substituents is 1. The van der Waals surface area contributed by atoms with E-state index in [1.807, 2.05) is 17.0 Å². The van der Waals surface area contributed by atoms with Crippen molar-refractivity contribution in [3.8, 4) is 0 Å². The molecule has 0 spiro atoms. The molecular weight excluding hydrogens is 420 g/mol. The second-order valence-corrected chi connectivity index (χ2v) is 9.73. The van der Waals surface area contributed by atoms with E-state index in [0.29, 0.717) is 26.2 Å². The number of aromatic nitrogens is 2. The first-order valence-electron chi connectivity index (χ1n) is 10.5. The van der Waals surface area contributed by atoms with Crippen LogP contribution in [0.25, 0.3) is 0 Å². The molecule has 11 heteroatoms. The first-order valence-corrected chi connectivity index (χ1v) is 12.0. The van der Waals surface area contributed by atoms with E-state index in [2.05, 4.69) is 15.1 Å². The molecule has 0 atom stereocenters. The van der Waals surface area contributed by atoms with E-state index in [1.165, 1.54) is 54.3 Å². The Hall–Kier alpha value is -2.79. The van der Waals surface area contributed by atoms with Crippen molar-refractivity contribution in [2.24, 2.45) is 0 Å². The van der Waals surface area contributed by atoms with E-state index in [-0.39, 0.29) is 10.6 Å². The van der Waals surface area contributed by atoms with Gasteiger partial charge in [-0.3, -0.25) is 10.1 Å². The molecule has 0 N–H and O–H groups in total. The number of nitrogens with zero attached hydrogens (tertiary/aromatic N) is 6. The van der Waals surface area contributed by atoms with Gasteiger partial charge < -0.3 is 9.80 Å². The van der Waals surface area contributed by atoms with Gasteiger partial charge in [-0.25, -0.2) is 8.42 Å². The lowest BCUT2D eigenvalue weighted by Gasteiger charge is -2.34. The van der Waals surface area contributed by atoms with Crippen molar-refractivity contribution in [3.05, 3.63) is 46.5 Å². The summed E-state index contributed by atoms with van der Waals surface area (Å²) in [6.45, 7) is 3.65. The van der Waals surface area contributed by atoms with Gasteiger partial charge in [0.2, 0.25) is 10.0 Å². The van der Waals surface area contributed by atoms with Crippen LogP contribution in [0.15, 0.2) is 41.3 Å². The molecule has 2 aromatic rings. The van der Waals surface area contributed by atoms with Gasteiger partial charge in [-0.1, -0.05) is 12.8 Å². The highest BCUT2D eigenvalue weighted by Gasteiger charge is 2.29. The Morgan fingerprint density at radius 2 is 1.26 bits per heavy atom. The third-order valence-corrected chi connectivity index (χ3v) is 7.73. The molecule has 0 bridgehead atoms. The van der Waals surface area contributed by atoms with Gasteiger partial charge >= 0.3 is 0 Å². The van der Waals surface area contributed by atoms with Crippen LogP contribution in [0.5, 0.6) is 0 Å². The van der Waals surface area contributed by atoms with Crippen LogP contribution < -0.4 is 9.80 Å². The number of hydrogen-bond donors (Lipinski definition) is 0. The molecular formula is C20H26N6O4S. The Kier molecular flexibility index (Phi) is 6.33. The van der Waals surface area contributed by atoms with Crippen LogP contribution in [-0.2, 0) is 10.0 Å². The van der Waals surface area contributed by atoms with Gasteiger partial charge in [0.1, 0.15) is 0 Å². The topological polar surface area (TPSA) is 113 Å². The first kappa shape index (κ1) is 21.4. The molecule has 10 nitrogen and oxygen atoms in total. The number of rotatable bonds is 5. The summed E-state index contributed by atoms with van der Waals surface area (Å²) in [5, 5.41) is 19.6. The van der Waals surface area contributed by atoms with E-state index >= 15 is 0 Å². The van der Waals surface area contributed by atoms with Gasteiger partial charge in [-0.05, 0) is 37.1 Å². The zero-order valence-electron chi connectivity index (χ0n) is 17.3. The Balaban J connectivity index is 1.38. The second kappa shape index (κ2) is 9.15. The van der Waals surface area contributed by atoms with Crippen molar-refractivity contribution in [2.45, 2.75) is 30.6 Å². The smallest absolute Gasteiger partial charge is 0.269 e. The highest BCUT2D eigenvalue weighted by Crippen LogP contribution is 2.23. The normalized spacial score (nSPS) is 18.6. The van der Waals surface area contributed by atoms with Crippen molar-refractivity contribution in [1.82, 2.24) is 14.5 Å². The minimum absolute atomic E-state index is 0.0631. The largest absolute Gasteiger partial charge is 0.355 e. The molecule has 0 radical (unpaired) electrons. The second-order valence-electron chi connectivity index (χ2n) is 7.79. The molecule has 4 rings (SSSR count). The molecule has 2 aliphatic rings. The molecule has 1 aromatic carbocycles. The number of nitro groups is 1. The number of anilines is 2. The molecule has 2 saturated heterocycles. The molecule has 0 unspecified atom stereocenters. The summed E-state index contributed by atoms with van der Waals surface area (Å²) in [5.74, 6) is 1.64. The summed E-state index contributed by atoms with van der Waals surface area (Å²) in [6, 6.07) is 8.94. The van der Waals surface area contributed by atoms with E-state index in [0.717, 1.165) is 24.7 Å². The number of nitro benzene ring substituents is 1. The summed E-state index contributed by atoms with van der Waals surface area (Å²) in [5.41, 5.74) is -0.133. The number of sulfonamides is 1. The van der Waals surface area contributed by atoms with Crippen molar-refractivity contribution in [2.75, 3.05) is 49.1 Å². The van der Waals surface area contributed by atoms with Crippen LogP contribution in [0, 0.1) is 10.1 Å². The maximum absolute atomic E-state index is 12.9. The minimum Gasteiger partial charge on any atom is -0.355 e. The van der Waals surface area contributed by atoms with Crippen LogP contribution in [0.3, 0.4) is 0 Å². The summed E-state index contributed by atoms with van der Waals surface area (Å²) >= 11 is 0. The molecule has 0 aliphatic carbocycles. The fourth-order valence-corrected chi connectivity index (χ4v) is 5.42. The Bertz CT molecular complexity index is 997. The standard InChI is InChI=1S/C20H26N6O4S/c27-26(28)17-5-7-18(8-6-17)31(29,30)25-15-13-24(14-16-25)20-10-9-19(21-22-20)23-11-3-1-2-4-12-23/h5-10H,1-4,11-16H2. The Morgan fingerprint density at radius 3 is 1.74 bits per heavy atom. The highest BCUT2D eigenvalue weighted by molar-refractivity contribution is 7.89. The first-order chi connectivity index (χ1) is 14.9. The van der Waals surface area contributed by atoms with Crippen LogP contribution in [-0.4, -0.2) is 67.1 Å².